The van der Waals surface area contributed by atoms with Crippen molar-refractivity contribution < 1.29 is 4.42 Å². The molecule has 0 amide bonds. The smallest absolute Gasteiger partial charge is 0.137 e. The molecule has 0 N–H and O–H groups in total. The summed E-state index contributed by atoms with van der Waals surface area (Å²) in [6, 6.07) is 32.9. The van der Waals surface area contributed by atoms with Gasteiger partial charge in [0.15, 0.2) is 0 Å². The van der Waals surface area contributed by atoms with Crippen LogP contribution in [0.15, 0.2) is 101 Å². The first-order valence-electron chi connectivity index (χ1n) is 10.3. The van der Waals surface area contributed by atoms with Crippen molar-refractivity contribution in [3.63, 3.8) is 0 Å². The quantitative estimate of drug-likeness (QED) is 0.315. The van der Waals surface area contributed by atoms with Crippen LogP contribution in [0.25, 0.3) is 45.2 Å². The molecule has 5 rings (SSSR count). The molecule has 0 aliphatic rings. The molecular formula is C28H22N2O. The number of nitrogens with zero attached hydrogens (tertiary/aromatic N) is 2. The van der Waals surface area contributed by atoms with Gasteiger partial charge in [-0.15, -0.1) is 10.2 Å². The normalized spacial score (nSPS) is 10.9. The number of aryl methyl sites for hydroxylation is 2. The molecule has 0 aliphatic heterocycles. The van der Waals surface area contributed by atoms with Crippen LogP contribution in [0.5, 0.6) is 0 Å². The van der Waals surface area contributed by atoms with Gasteiger partial charge in [0.2, 0.25) is 0 Å². The van der Waals surface area contributed by atoms with Gasteiger partial charge in [-0.1, -0.05) is 90.0 Å². The van der Waals surface area contributed by atoms with Crippen molar-refractivity contribution in [2.24, 2.45) is 0 Å². The molecule has 2 heterocycles. The molecule has 0 aliphatic carbocycles. The van der Waals surface area contributed by atoms with Crippen LogP contribution in [0.1, 0.15) is 11.1 Å². The van der Waals surface area contributed by atoms with Gasteiger partial charge in [-0.05, 0) is 32.0 Å². The Morgan fingerprint density at radius 2 is 1.16 bits per heavy atom. The third kappa shape index (κ3) is 3.90. The maximum atomic E-state index is 6.28. The first-order valence-corrected chi connectivity index (χ1v) is 10.3. The van der Waals surface area contributed by atoms with Crippen molar-refractivity contribution in [1.29, 1.82) is 0 Å². The minimum absolute atomic E-state index is 0.776. The highest BCUT2D eigenvalue weighted by atomic mass is 16.3. The van der Waals surface area contributed by atoms with Crippen LogP contribution in [0.3, 0.4) is 0 Å². The molecule has 3 heteroatoms. The monoisotopic (exact) mass is 402 g/mol. The summed E-state index contributed by atoms with van der Waals surface area (Å²) in [6.07, 6.45) is 0. The predicted molar refractivity (Wildman–Crippen MR) is 126 cm³/mol. The van der Waals surface area contributed by atoms with Crippen molar-refractivity contribution in [3.8, 4) is 45.2 Å². The number of hydrogen-bond acceptors (Lipinski definition) is 3. The van der Waals surface area contributed by atoms with Crippen LogP contribution in [0.2, 0.25) is 0 Å². The molecule has 3 nitrogen and oxygen atoms in total. The molecule has 150 valence electrons. The molecule has 0 unspecified atom stereocenters. The van der Waals surface area contributed by atoms with E-state index in [1.807, 2.05) is 42.5 Å². The van der Waals surface area contributed by atoms with Gasteiger partial charge in [0.05, 0.1) is 5.69 Å². The van der Waals surface area contributed by atoms with Crippen molar-refractivity contribution in [1.82, 2.24) is 10.2 Å². The summed E-state index contributed by atoms with van der Waals surface area (Å²) in [6.45, 7) is 4.16. The molecule has 0 spiro atoms. The van der Waals surface area contributed by atoms with Gasteiger partial charge in [-0.25, -0.2) is 0 Å². The van der Waals surface area contributed by atoms with Crippen molar-refractivity contribution in [2.45, 2.75) is 13.8 Å². The highest BCUT2D eigenvalue weighted by Crippen LogP contribution is 2.36. The summed E-state index contributed by atoms with van der Waals surface area (Å²) < 4.78 is 6.28. The number of benzene rings is 3. The Labute approximate surface area is 182 Å². The van der Waals surface area contributed by atoms with E-state index in [0.29, 0.717) is 0 Å². The van der Waals surface area contributed by atoms with Gasteiger partial charge in [0.25, 0.3) is 0 Å². The molecule has 5 aromatic rings. The highest BCUT2D eigenvalue weighted by molar-refractivity contribution is 5.81. The number of hydrogen-bond donors (Lipinski definition) is 0. The van der Waals surface area contributed by atoms with Gasteiger partial charge in [-0.3, -0.25) is 0 Å². The lowest BCUT2D eigenvalue weighted by Gasteiger charge is -2.09. The van der Waals surface area contributed by atoms with Gasteiger partial charge in [0.1, 0.15) is 17.2 Å². The minimum Gasteiger partial charge on any atom is -0.456 e. The topological polar surface area (TPSA) is 38.9 Å². The Kier molecular flexibility index (Phi) is 4.93. The molecule has 0 fully saturated rings. The summed E-state index contributed by atoms with van der Waals surface area (Å²) in [5.74, 6) is 1.61. The zero-order valence-electron chi connectivity index (χ0n) is 17.5. The Bertz CT molecular complexity index is 1320. The molecular weight excluding hydrogens is 380 g/mol. The predicted octanol–water partition coefficient (Wildman–Crippen LogP) is 7.35. The highest BCUT2D eigenvalue weighted by Gasteiger charge is 2.16. The first-order chi connectivity index (χ1) is 15.2. The van der Waals surface area contributed by atoms with Crippen LogP contribution in [0, 0.1) is 13.8 Å². The van der Waals surface area contributed by atoms with Crippen LogP contribution < -0.4 is 0 Å². The molecule has 0 radical (unpaired) electrons. The van der Waals surface area contributed by atoms with E-state index in [1.54, 1.807) is 0 Å². The Balaban J connectivity index is 1.65. The molecule has 0 atom stereocenters. The standard InChI is InChI=1S/C28H22N2O/c1-19-8-12-21(13-9-19)25-18-24(28(30-29-25)23-14-10-20(2)11-15-23)27-17-16-26(31-27)22-6-4-3-5-7-22/h3-18H,1-2H3. The maximum absolute atomic E-state index is 6.28. The fourth-order valence-corrected chi connectivity index (χ4v) is 3.61. The van der Waals surface area contributed by atoms with Gasteiger partial charge in [0, 0.05) is 22.3 Å². The van der Waals surface area contributed by atoms with E-state index in [4.69, 9.17) is 4.42 Å². The van der Waals surface area contributed by atoms with E-state index in [0.717, 1.165) is 45.2 Å². The van der Waals surface area contributed by atoms with Gasteiger partial charge >= 0.3 is 0 Å². The van der Waals surface area contributed by atoms with Gasteiger partial charge < -0.3 is 4.42 Å². The SMILES string of the molecule is Cc1ccc(-c2cc(-c3ccc(-c4ccccc4)o3)c(-c3ccc(C)cc3)nn2)cc1. The number of aromatic nitrogens is 2. The van der Waals surface area contributed by atoms with Crippen LogP contribution >= 0.6 is 0 Å². The zero-order chi connectivity index (χ0) is 21.2. The molecule has 2 aromatic heterocycles. The summed E-state index contributed by atoms with van der Waals surface area (Å²) >= 11 is 0. The van der Waals surface area contributed by atoms with Crippen molar-refractivity contribution in [3.05, 3.63) is 108 Å². The minimum atomic E-state index is 0.776. The number of rotatable bonds is 4. The van der Waals surface area contributed by atoms with E-state index in [1.165, 1.54) is 11.1 Å². The van der Waals surface area contributed by atoms with E-state index in [9.17, 15) is 0 Å². The lowest BCUT2D eigenvalue weighted by molar-refractivity contribution is 0.597. The molecule has 0 saturated heterocycles. The zero-order valence-corrected chi connectivity index (χ0v) is 17.5. The average Bonchev–Trinajstić information content (AvgIpc) is 3.31. The Morgan fingerprint density at radius 3 is 1.84 bits per heavy atom. The lowest BCUT2D eigenvalue weighted by atomic mass is 10.0. The van der Waals surface area contributed by atoms with E-state index < -0.39 is 0 Å². The third-order valence-corrected chi connectivity index (χ3v) is 5.40. The average molecular weight is 402 g/mol. The lowest BCUT2D eigenvalue weighted by Crippen LogP contribution is -1.95. The van der Waals surface area contributed by atoms with Crippen LogP contribution in [-0.2, 0) is 0 Å². The molecule has 0 saturated carbocycles. The largest absolute Gasteiger partial charge is 0.456 e. The number of furan rings is 1. The second kappa shape index (κ2) is 8.04. The fraction of sp³-hybridized carbons (Fsp3) is 0.0714. The molecule has 0 bridgehead atoms. The maximum Gasteiger partial charge on any atom is 0.137 e. The van der Waals surface area contributed by atoms with E-state index in [2.05, 4.69) is 78.6 Å². The van der Waals surface area contributed by atoms with Crippen molar-refractivity contribution in [2.75, 3.05) is 0 Å². The fourth-order valence-electron chi connectivity index (χ4n) is 3.61. The first kappa shape index (κ1) is 19.0. The summed E-state index contributed by atoms with van der Waals surface area (Å²) in [5.41, 5.74) is 8.08. The third-order valence-electron chi connectivity index (χ3n) is 5.40. The van der Waals surface area contributed by atoms with E-state index in [-0.39, 0.29) is 0 Å². The Morgan fingerprint density at radius 1 is 0.548 bits per heavy atom. The van der Waals surface area contributed by atoms with Crippen LogP contribution in [-0.4, -0.2) is 10.2 Å². The van der Waals surface area contributed by atoms with Crippen LogP contribution in [0.4, 0.5) is 0 Å². The van der Waals surface area contributed by atoms with Crippen molar-refractivity contribution >= 4 is 0 Å². The molecule has 31 heavy (non-hydrogen) atoms. The summed E-state index contributed by atoms with van der Waals surface area (Å²) in [7, 11) is 0. The molecule has 3 aromatic carbocycles. The van der Waals surface area contributed by atoms with Gasteiger partial charge in [-0.2, -0.15) is 0 Å². The second-order valence-electron chi connectivity index (χ2n) is 7.75. The summed E-state index contributed by atoms with van der Waals surface area (Å²) in [4.78, 5) is 0. The second-order valence-corrected chi connectivity index (χ2v) is 7.75. The summed E-state index contributed by atoms with van der Waals surface area (Å²) in [5, 5.41) is 9.16. The van der Waals surface area contributed by atoms with E-state index >= 15 is 0 Å². The Hall–Kier alpha value is -3.98.